The first-order valence-electron chi connectivity index (χ1n) is 6.91. The van der Waals surface area contributed by atoms with Crippen molar-refractivity contribution in [1.82, 2.24) is 15.2 Å². The van der Waals surface area contributed by atoms with Gasteiger partial charge in [-0.15, -0.1) is 23.7 Å². The summed E-state index contributed by atoms with van der Waals surface area (Å²) in [5.41, 5.74) is 6.78. The van der Waals surface area contributed by atoms with Gasteiger partial charge in [0.1, 0.15) is 12.4 Å². The molecule has 1 heterocycles. The lowest BCUT2D eigenvalue weighted by atomic mass is 10.2. The Labute approximate surface area is 141 Å². The van der Waals surface area contributed by atoms with Gasteiger partial charge in [-0.3, -0.25) is 0 Å². The molecule has 3 N–H and O–H groups in total. The summed E-state index contributed by atoms with van der Waals surface area (Å²) >= 11 is 1.51. The molecule has 0 spiro atoms. The van der Waals surface area contributed by atoms with Gasteiger partial charge in [-0.2, -0.15) is 0 Å². The molecule has 7 heteroatoms. The summed E-state index contributed by atoms with van der Waals surface area (Å²) in [6.07, 6.45) is 1.81. The maximum Gasteiger partial charge on any atom is 0.180 e. The SMILES string of the molecule is CN(C)CCOc1ccccc1CNCc1cnc(N)s1.Cl. The third kappa shape index (κ3) is 6.19. The molecule has 2 rings (SSSR count). The number of rotatable bonds is 8. The molecular weight excluding hydrogens is 320 g/mol. The molecule has 0 aliphatic heterocycles. The Morgan fingerprint density at radius 3 is 2.73 bits per heavy atom. The number of hydrogen-bond donors (Lipinski definition) is 2. The third-order valence-corrected chi connectivity index (χ3v) is 3.78. The fourth-order valence-electron chi connectivity index (χ4n) is 1.85. The molecule has 0 fully saturated rings. The second-order valence-corrected chi connectivity index (χ2v) is 6.17. The van der Waals surface area contributed by atoms with Gasteiger partial charge in [0.15, 0.2) is 5.13 Å². The lowest BCUT2D eigenvalue weighted by Gasteiger charge is -2.14. The number of likely N-dealkylation sites (N-methyl/N-ethyl adjacent to an activating group) is 1. The van der Waals surface area contributed by atoms with Crippen LogP contribution >= 0.6 is 23.7 Å². The number of aromatic nitrogens is 1. The average molecular weight is 343 g/mol. The van der Waals surface area contributed by atoms with E-state index >= 15 is 0 Å². The fraction of sp³-hybridized carbons (Fsp3) is 0.400. The number of nitrogens with zero attached hydrogens (tertiary/aromatic N) is 2. The molecule has 0 atom stereocenters. The van der Waals surface area contributed by atoms with Gasteiger partial charge in [0.25, 0.3) is 0 Å². The van der Waals surface area contributed by atoms with E-state index in [-0.39, 0.29) is 12.4 Å². The number of hydrogen-bond acceptors (Lipinski definition) is 6. The largest absolute Gasteiger partial charge is 0.492 e. The summed E-state index contributed by atoms with van der Waals surface area (Å²) in [4.78, 5) is 7.29. The van der Waals surface area contributed by atoms with Crippen LogP contribution in [0.5, 0.6) is 5.75 Å². The maximum atomic E-state index is 5.84. The highest BCUT2D eigenvalue weighted by Gasteiger charge is 2.04. The van der Waals surface area contributed by atoms with Gasteiger partial charge in [0.05, 0.1) is 0 Å². The molecule has 0 bridgehead atoms. The highest BCUT2D eigenvalue weighted by Crippen LogP contribution is 2.18. The number of ether oxygens (including phenoxy) is 1. The third-order valence-electron chi connectivity index (χ3n) is 2.95. The van der Waals surface area contributed by atoms with Gasteiger partial charge in [-0.1, -0.05) is 18.2 Å². The second-order valence-electron chi connectivity index (χ2n) is 5.03. The molecular formula is C15H23ClN4OS. The Morgan fingerprint density at radius 2 is 2.05 bits per heavy atom. The van der Waals surface area contributed by atoms with Crippen LogP contribution in [-0.2, 0) is 13.1 Å². The van der Waals surface area contributed by atoms with E-state index in [0.29, 0.717) is 11.7 Å². The fourth-order valence-corrected chi connectivity index (χ4v) is 2.51. The van der Waals surface area contributed by atoms with Gasteiger partial charge in [0.2, 0.25) is 0 Å². The molecule has 5 nitrogen and oxygen atoms in total. The van der Waals surface area contributed by atoms with Gasteiger partial charge in [0, 0.05) is 36.3 Å². The van der Waals surface area contributed by atoms with Crippen molar-refractivity contribution in [3.8, 4) is 5.75 Å². The number of halogens is 1. The zero-order chi connectivity index (χ0) is 15.1. The number of anilines is 1. The van der Waals surface area contributed by atoms with E-state index in [9.17, 15) is 0 Å². The quantitative estimate of drug-likeness (QED) is 0.771. The van der Waals surface area contributed by atoms with E-state index in [4.69, 9.17) is 10.5 Å². The lowest BCUT2D eigenvalue weighted by molar-refractivity contribution is 0.259. The molecule has 0 aliphatic carbocycles. The topological polar surface area (TPSA) is 63.4 Å². The molecule has 2 aromatic rings. The number of nitrogens with one attached hydrogen (secondary N) is 1. The van der Waals surface area contributed by atoms with E-state index in [1.807, 2.05) is 38.5 Å². The highest BCUT2D eigenvalue weighted by atomic mass is 35.5. The van der Waals surface area contributed by atoms with Crippen LogP contribution in [0.25, 0.3) is 0 Å². The van der Waals surface area contributed by atoms with Crippen molar-refractivity contribution in [2.24, 2.45) is 0 Å². The van der Waals surface area contributed by atoms with E-state index in [1.165, 1.54) is 11.3 Å². The summed E-state index contributed by atoms with van der Waals surface area (Å²) < 4.78 is 5.84. The van der Waals surface area contributed by atoms with Crippen LogP contribution in [0.1, 0.15) is 10.4 Å². The smallest absolute Gasteiger partial charge is 0.180 e. The Balaban J connectivity index is 0.00000242. The van der Waals surface area contributed by atoms with Crippen molar-refractivity contribution in [3.63, 3.8) is 0 Å². The van der Waals surface area contributed by atoms with Gasteiger partial charge < -0.3 is 20.7 Å². The summed E-state index contributed by atoms with van der Waals surface area (Å²) in [5, 5.41) is 4.01. The Hall–Kier alpha value is -1.34. The van der Waals surface area contributed by atoms with Crippen LogP contribution in [0, 0.1) is 0 Å². The Kier molecular flexibility index (Phi) is 8.19. The molecule has 0 saturated heterocycles. The van der Waals surface area contributed by atoms with Crippen LogP contribution in [0.4, 0.5) is 5.13 Å². The molecule has 0 saturated carbocycles. The molecule has 0 amide bonds. The number of benzene rings is 1. The van der Waals surface area contributed by atoms with Crippen molar-refractivity contribution in [2.75, 3.05) is 33.0 Å². The van der Waals surface area contributed by atoms with Crippen LogP contribution in [0.2, 0.25) is 0 Å². The monoisotopic (exact) mass is 342 g/mol. The van der Waals surface area contributed by atoms with Crippen molar-refractivity contribution in [3.05, 3.63) is 40.9 Å². The summed E-state index contributed by atoms with van der Waals surface area (Å²) in [6.45, 7) is 3.12. The zero-order valence-corrected chi connectivity index (χ0v) is 14.5. The Bertz CT molecular complexity index is 562. The van der Waals surface area contributed by atoms with Gasteiger partial charge >= 0.3 is 0 Å². The van der Waals surface area contributed by atoms with Crippen molar-refractivity contribution in [1.29, 1.82) is 0 Å². The van der Waals surface area contributed by atoms with Crippen LogP contribution in [0.3, 0.4) is 0 Å². The summed E-state index contributed by atoms with van der Waals surface area (Å²) in [5.74, 6) is 0.940. The lowest BCUT2D eigenvalue weighted by Crippen LogP contribution is -2.20. The molecule has 0 unspecified atom stereocenters. The van der Waals surface area contributed by atoms with Gasteiger partial charge in [-0.25, -0.2) is 4.98 Å². The first kappa shape index (κ1) is 18.7. The predicted octanol–water partition coefficient (Wildman–Crippen LogP) is 2.38. The normalized spacial score (nSPS) is 10.5. The van der Waals surface area contributed by atoms with Crippen LogP contribution in [0.15, 0.2) is 30.5 Å². The highest BCUT2D eigenvalue weighted by molar-refractivity contribution is 7.15. The molecule has 22 heavy (non-hydrogen) atoms. The van der Waals surface area contributed by atoms with Crippen LogP contribution < -0.4 is 15.8 Å². The van der Waals surface area contributed by atoms with E-state index in [0.717, 1.165) is 35.8 Å². The van der Waals surface area contributed by atoms with Crippen molar-refractivity contribution in [2.45, 2.75) is 13.1 Å². The van der Waals surface area contributed by atoms with E-state index in [2.05, 4.69) is 21.3 Å². The maximum absolute atomic E-state index is 5.84. The molecule has 0 aliphatic rings. The first-order chi connectivity index (χ1) is 10.1. The number of nitrogens with two attached hydrogens (primary N) is 1. The molecule has 1 aromatic carbocycles. The van der Waals surface area contributed by atoms with Gasteiger partial charge in [-0.05, 0) is 20.2 Å². The predicted molar refractivity (Wildman–Crippen MR) is 94.8 cm³/mol. The number of para-hydroxylation sites is 1. The number of nitrogen functional groups attached to an aromatic ring is 1. The minimum atomic E-state index is 0. The summed E-state index contributed by atoms with van der Waals surface area (Å²) in [6, 6.07) is 8.12. The van der Waals surface area contributed by atoms with Crippen molar-refractivity contribution >= 4 is 28.9 Å². The molecule has 1 aromatic heterocycles. The standard InChI is InChI=1S/C15H22N4OS.ClH/c1-19(2)7-8-20-14-6-4-3-5-12(14)9-17-10-13-11-18-15(16)21-13;/h3-6,11,17H,7-10H2,1-2H3,(H2,16,18);1H. The minimum Gasteiger partial charge on any atom is -0.492 e. The minimum absolute atomic E-state index is 0. The molecule has 122 valence electrons. The van der Waals surface area contributed by atoms with Crippen LogP contribution in [-0.4, -0.2) is 37.1 Å². The van der Waals surface area contributed by atoms with E-state index in [1.54, 1.807) is 0 Å². The molecule has 0 radical (unpaired) electrons. The Morgan fingerprint density at radius 1 is 1.27 bits per heavy atom. The van der Waals surface area contributed by atoms with Crippen molar-refractivity contribution < 1.29 is 4.74 Å². The van der Waals surface area contributed by atoms with E-state index < -0.39 is 0 Å². The average Bonchev–Trinajstić information content (AvgIpc) is 2.86. The zero-order valence-electron chi connectivity index (χ0n) is 12.9. The number of thiazole rings is 1. The summed E-state index contributed by atoms with van der Waals surface area (Å²) in [7, 11) is 4.08. The second kappa shape index (κ2) is 9.63. The first-order valence-corrected chi connectivity index (χ1v) is 7.73.